The predicted molar refractivity (Wildman–Crippen MR) is 59.4 cm³/mol. The molecule has 0 saturated carbocycles. The highest BCUT2D eigenvalue weighted by molar-refractivity contribution is 9.10. The number of aryl methyl sites for hydroxylation is 1. The molecule has 1 unspecified atom stereocenters. The summed E-state index contributed by atoms with van der Waals surface area (Å²) >= 11 is 5.25. The van der Waals surface area contributed by atoms with Gasteiger partial charge in [-0.25, -0.2) is 0 Å². The number of halogens is 1. The van der Waals surface area contributed by atoms with Crippen molar-refractivity contribution in [3.8, 4) is 0 Å². The smallest absolute Gasteiger partial charge is 0.0412 e. The fraction of sp³-hybridized carbons (Fsp3) is 0.333. The maximum absolute atomic E-state index is 5.60. The average molecular weight is 246 g/mol. The first-order chi connectivity index (χ1) is 5.59. The summed E-state index contributed by atoms with van der Waals surface area (Å²) in [5.41, 5.74) is 5.60. The van der Waals surface area contributed by atoms with Crippen LogP contribution < -0.4 is 5.73 Å². The largest absolute Gasteiger partial charge is 0.325 e. The zero-order valence-electron chi connectivity index (χ0n) is 7.17. The normalized spacial score (nSPS) is 14.0. The van der Waals surface area contributed by atoms with E-state index in [-0.39, 0.29) is 6.04 Å². The summed E-state index contributed by atoms with van der Waals surface area (Å²) in [7, 11) is 0. The van der Waals surface area contributed by atoms with Crippen molar-refractivity contribution in [2.24, 2.45) is 5.73 Å². The van der Waals surface area contributed by atoms with Crippen LogP contribution in [0.5, 0.6) is 0 Å². The van der Waals surface area contributed by atoms with E-state index in [1.165, 1.54) is 9.75 Å². The molecule has 0 radical (unpaired) electrons. The van der Waals surface area contributed by atoms with Crippen molar-refractivity contribution in [3.63, 3.8) is 0 Å². The quantitative estimate of drug-likeness (QED) is 0.852. The second-order valence-electron chi connectivity index (χ2n) is 2.79. The molecule has 1 nitrogen and oxygen atoms in total. The Balaban J connectivity index is 2.81. The highest BCUT2D eigenvalue weighted by Gasteiger charge is 1.99. The first-order valence-corrected chi connectivity index (χ1v) is 5.40. The van der Waals surface area contributed by atoms with Crippen LogP contribution >= 0.6 is 27.3 Å². The van der Waals surface area contributed by atoms with Gasteiger partial charge in [-0.05, 0) is 41.9 Å². The number of thiophene rings is 1. The Kier molecular flexibility index (Phi) is 3.50. The van der Waals surface area contributed by atoms with Crippen LogP contribution in [0.1, 0.15) is 16.7 Å². The topological polar surface area (TPSA) is 26.0 Å². The average Bonchev–Trinajstić information content (AvgIpc) is 2.26. The van der Waals surface area contributed by atoms with Crippen LogP contribution in [-0.4, -0.2) is 6.04 Å². The SMILES string of the molecule is Cc1cc(Br)c(/C=C/C(C)N)s1. The molecule has 0 spiro atoms. The molecule has 1 aromatic rings. The zero-order valence-corrected chi connectivity index (χ0v) is 9.58. The lowest BCUT2D eigenvalue weighted by Crippen LogP contribution is -2.09. The number of hydrogen-bond donors (Lipinski definition) is 1. The van der Waals surface area contributed by atoms with Gasteiger partial charge in [-0.2, -0.15) is 0 Å². The minimum Gasteiger partial charge on any atom is -0.325 e. The zero-order chi connectivity index (χ0) is 9.14. The van der Waals surface area contributed by atoms with Gasteiger partial charge in [0.1, 0.15) is 0 Å². The molecule has 0 aliphatic rings. The van der Waals surface area contributed by atoms with Crippen molar-refractivity contribution in [2.45, 2.75) is 19.9 Å². The van der Waals surface area contributed by atoms with E-state index in [0.29, 0.717) is 0 Å². The minimum atomic E-state index is 0.124. The molecule has 0 saturated heterocycles. The van der Waals surface area contributed by atoms with Crippen molar-refractivity contribution < 1.29 is 0 Å². The molecular weight excluding hydrogens is 234 g/mol. The van der Waals surface area contributed by atoms with E-state index in [9.17, 15) is 0 Å². The van der Waals surface area contributed by atoms with Crippen LogP contribution in [0.2, 0.25) is 0 Å². The van der Waals surface area contributed by atoms with Crippen molar-refractivity contribution in [1.82, 2.24) is 0 Å². The molecule has 12 heavy (non-hydrogen) atoms. The molecule has 0 aromatic carbocycles. The Hall–Kier alpha value is -0.120. The lowest BCUT2D eigenvalue weighted by Gasteiger charge is -1.93. The summed E-state index contributed by atoms with van der Waals surface area (Å²) in [5, 5.41) is 0. The summed E-state index contributed by atoms with van der Waals surface area (Å²) in [6, 6.07) is 2.24. The van der Waals surface area contributed by atoms with Crippen LogP contribution in [0, 0.1) is 6.92 Å². The van der Waals surface area contributed by atoms with Gasteiger partial charge in [-0.1, -0.05) is 6.08 Å². The first kappa shape index (κ1) is 9.96. The number of hydrogen-bond acceptors (Lipinski definition) is 2. The maximum atomic E-state index is 5.60. The van der Waals surface area contributed by atoms with Crippen LogP contribution in [-0.2, 0) is 0 Å². The van der Waals surface area contributed by atoms with Gasteiger partial charge in [0.2, 0.25) is 0 Å². The van der Waals surface area contributed by atoms with Crippen LogP contribution in [0.4, 0.5) is 0 Å². The van der Waals surface area contributed by atoms with E-state index in [1.807, 2.05) is 13.0 Å². The Morgan fingerprint density at radius 3 is 2.75 bits per heavy atom. The van der Waals surface area contributed by atoms with E-state index in [0.717, 1.165) is 4.47 Å². The van der Waals surface area contributed by atoms with E-state index in [4.69, 9.17) is 5.73 Å². The lowest BCUT2D eigenvalue weighted by atomic mass is 10.3. The van der Waals surface area contributed by atoms with Gasteiger partial charge in [0.15, 0.2) is 0 Å². The van der Waals surface area contributed by atoms with Gasteiger partial charge in [-0.3, -0.25) is 0 Å². The molecule has 0 aliphatic carbocycles. The van der Waals surface area contributed by atoms with E-state index < -0.39 is 0 Å². The highest BCUT2D eigenvalue weighted by atomic mass is 79.9. The van der Waals surface area contributed by atoms with Gasteiger partial charge in [-0.15, -0.1) is 11.3 Å². The summed E-state index contributed by atoms with van der Waals surface area (Å²) < 4.78 is 1.15. The summed E-state index contributed by atoms with van der Waals surface area (Å²) in [6.45, 7) is 4.06. The Bertz CT molecular complexity index is 289. The second-order valence-corrected chi connectivity index (χ2v) is 4.93. The third kappa shape index (κ3) is 2.73. The second kappa shape index (κ2) is 4.21. The molecule has 0 amide bonds. The fourth-order valence-corrected chi connectivity index (χ4v) is 2.55. The fourth-order valence-electron chi connectivity index (χ4n) is 0.854. The standard InChI is InChI=1S/C9H12BrNS/c1-6(11)3-4-9-8(10)5-7(2)12-9/h3-6H,11H2,1-2H3/b4-3+. The van der Waals surface area contributed by atoms with Crippen molar-refractivity contribution in [3.05, 3.63) is 26.4 Å². The molecule has 0 fully saturated rings. The molecular formula is C9H12BrNS. The molecule has 1 heterocycles. The molecule has 2 N–H and O–H groups in total. The van der Waals surface area contributed by atoms with Crippen LogP contribution in [0.15, 0.2) is 16.6 Å². The third-order valence-corrected chi connectivity index (χ3v) is 3.32. The van der Waals surface area contributed by atoms with Crippen molar-refractivity contribution in [1.29, 1.82) is 0 Å². The Morgan fingerprint density at radius 1 is 1.67 bits per heavy atom. The van der Waals surface area contributed by atoms with E-state index >= 15 is 0 Å². The molecule has 1 atom stereocenters. The van der Waals surface area contributed by atoms with Gasteiger partial charge in [0.25, 0.3) is 0 Å². The first-order valence-electron chi connectivity index (χ1n) is 3.79. The number of nitrogens with two attached hydrogens (primary N) is 1. The predicted octanol–water partition coefficient (Wildman–Crippen LogP) is 3.18. The molecule has 1 rings (SSSR count). The summed E-state index contributed by atoms with van der Waals surface area (Å²) in [6.07, 6.45) is 4.06. The van der Waals surface area contributed by atoms with E-state index in [2.05, 4.69) is 35.0 Å². The molecule has 0 bridgehead atoms. The van der Waals surface area contributed by atoms with Crippen LogP contribution in [0.3, 0.4) is 0 Å². The monoisotopic (exact) mass is 245 g/mol. The summed E-state index contributed by atoms with van der Waals surface area (Å²) in [4.78, 5) is 2.55. The highest BCUT2D eigenvalue weighted by Crippen LogP contribution is 2.27. The Labute approximate surface area is 85.4 Å². The van der Waals surface area contributed by atoms with E-state index in [1.54, 1.807) is 11.3 Å². The molecule has 3 heteroatoms. The Morgan fingerprint density at radius 2 is 2.33 bits per heavy atom. The summed E-state index contributed by atoms with van der Waals surface area (Å²) in [5.74, 6) is 0. The van der Waals surface area contributed by atoms with Gasteiger partial charge >= 0.3 is 0 Å². The molecule has 1 aromatic heterocycles. The molecule has 0 aliphatic heterocycles. The molecule has 66 valence electrons. The number of rotatable bonds is 2. The lowest BCUT2D eigenvalue weighted by molar-refractivity contribution is 0.931. The minimum absolute atomic E-state index is 0.124. The maximum Gasteiger partial charge on any atom is 0.0412 e. The van der Waals surface area contributed by atoms with Crippen molar-refractivity contribution in [2.75, 3.05) is 0 Å². The van der Waals surface area contributed by atoms with Crippen molar-refractivity contribution >= 4 is 33.3 Å². The van der Waals surface area contributed by atoms with Crippen LogP contribution in [0.25, 0.3) is 6.08 Å². The third-order valence-electron chi connectivity index (χ3n) is 1.39. The van der Waals surface area contributed by atoms with Gasteiger partial charge in [0.05, 0.1) is 0 Å². The van der Waals surface area contributed by atoms with Gasteiger partial charge < -0.3 is 5.73 Å². The van der Waals surface area contributed by atoms with Gasteiger partial charge in [0, 0.05) is 20.3 Å².